The molecule has 0 saturated heterocycles. The van der Waals surface area contributed by atoms with E-state index in [4.69, 9.17) is 15.2 Å². The number of unbranched alkanes of at least 4 members (excludes halogenated alkanes) is 4. The number of aliphatic hydroxyl groups excluding tert-OH is 1. The first kappa shape index (κ1) is 19.8. The van der Waals surface area contributed by atoms with Crippen molar-refractivity contribution >= 4 is 0 Å². The monoisotopic (exact) mass is 323 g/mol. The van der Waals surface area contributed by atoms with Gasteiger partial charge in [-0.3, -0.25) is 0 Å². The fraction of sp³-hybridized carbons (Fsp3) is 0.684. The zero-order valence-electron chi connectivity index (χ0n) is 14.9. The summed E-state index contributed by atoms with van der Waals surface area (Å²) in [6.07, 6.45) is 7.65. The molecule has 1 aromatic carbocycles. The van der Waals surface area contributed by atoms with Crippen LogP contribution in [-0.2, 0) is 6.42 Å². The van der Waals surface area contributed by atoms with Crippen molar-refractivity contribution in [3.8, 4) is 11.5 Å². The summed E-state index contributed by atoms with van der Waals surface area (Å²) >= 11 is 0. The second-order valence-corrected chi connectivity index (χ2v) is 6.56. The minimum atomic E-state index is -0.541. The van der Waals surface area contributed by atoms with Gasteiger partial charge in [0.2, 0.25) is 0 Å². The zero-order valence-corrected chi connectivity index (χ0v) is 14.9. The summed E-state index contributed by atoms with van der Waals surface area (Å²) in [5.74, 6) is 1.56. The minimum Gasteiger partial charge on any atom is -0.493 e. The summed E-state index contributed by atoms with van der Waals surface area (Å²) in [7, 11) is 1.66. The third kappa shape index (κ3) is 7.71. The number of nitrogens with two attached hydrogens (primary N) is 1. The van der Waals surface area contributed by atoms with Gasteiger partial charge in [0.1, 0.15) is 0 Å². The molecule has 0 bridgehead atoms. The Hall–Kier alpha value is -1.26. The summed E-state index contributed by atoms with van der Waals surface area (Å²) in [5.41, 5.74) is 6.57. The Kier molecular flexibility index (Phi) is 9.03. The number of ether oxygens (including phenoxy) is 2. The topological polar surface area (TPSA) is 64.7 Å². The molecule has 1 rings (SSSR count). The normalized spacial score (nSPS) is 13.6. The third-order valence-electron chi connectivity index (χ3n) is 4.08. The molecule has 0 aliphatic heterocycles. The van der Waals surface area contributed by atoms with Crippen LogP contribution in [0, 0.1) is 0 Å². The van der Waals surface area contributed by atoms with Crippen LogP contribution in [0.1, 0.15) is 57.9 Å². The number of benzene rings is 1. The molecule has 0 aliphatic carbocycles. The van der Waals surface area contributed by atoms with Gasteiger partial charge in [0.15, 0.2) is 11.5 Å². The van der Waals surface area contributed by atoms with Crippen LogP contribution in [0.3, 0.4) is 0 Å². The van der Waals surface area contributed by atoms with Crippen LogP contribution in [0.15, 0.2) is 18.2 Å². The van der Waals surface area contributed by atoms with Gasteiger partial charge >= 0.3 is 0 Å². The van der Waals surface area contributed by atoms with E-state index in [0.29, 0.717) is 0 Å². The number of aryl methyl sites for hydroxylation is 1. The van der Waals surface area contributed by atoms with E-state index >= 15 is 0 Å². The molecule has 1 unspecified atom stereocenters. The van der Waals surface area contributed by atoms with Crippen molar-refractivity contribution in [3.63, 3.8) is 0 Å². The largest absolute Gasteiger partial charge is 0.493 e. The molecule has 3 N–H and O–H groups in total. The maximum atomic E-state index is 9.22. The average Bonchev–Trinajstić information content (AvgIpc) is 2.56. The second kappa shape index (κ2) is 10.5. The summed E-state index contributed by atoms with van der Waals surface area (Å²) in [5, 5.41) is 9.22. The highest BCUT2D eigenvalue weighted by Gasteiger charge is 2.17. The predicted octanol–water partition coefficient (Wildman–Crippen LogP) is 3.69. The lowest BCUT2D eigenvalue weighted by atomic mass is 9.95. The van der Waals surface area contributed by atoms with Crippen molar-refractivity contribution in [2.75, 3.05) is 20.3 Å². The van der Waals surface area contributed by atoms with Crippen LogP contribution >= 0.6 is 0 Å². The number of aliphatic hydroxyl groups is 1. The lowest BCUT2D eigenvalue weighted by Crippen LogP contribution is -2.40. The molecule has 0 fully saturated rings. The molecule has 4 heteroatoms. The number of rotatable bonds is 12. The molecule has 132 valence electrons. The van der Waals surface area contributed by atoms with E-state index < -0.39 is 5.54 Å². The summed E-state index contributed by atoms with van der Waals surface area (Å²) in [4.78, 5) is 0. The molecule has 0 aliphatic rings. The molecule has 0 spiro atoms. The first-order chi connectivity index (χ1) is 11.0. The molecule has 0 amide bonds. The zero-order chi connectivity index (χ0) is 17.1. The van der Waals surface area contributed by atoms with Gasteiger partial charge in [0.05, 0.1) is 20.3 Å². The lowest BCUT2D eigenvalue weighted by molar-refractivity contribution is 0.200. The van der Waals surface area contributed by atoms with Gasteiger partial charge in [-0.25, -0.2) is 0 Å². The summed E-state index contributed by atoms with van der Waals surface area (Å²) < 4.78 is 11.3. The van der Waals surface area contributed by atoms with Gasteiger partial charge in [0.25, 0.3) is 0 Å². The van der Waals surface area contributed by atoms with Gasteiger partial charge in [-0.15, -0.1) is 0 Å². The molecule has 1 atom stereocenters. The first-order valence-electron chi connectivity index (χ1n) is 8.72. The van der Waals surface area contributed by atoms with Crippen molar-refractivity contribution in [2.45, 2.75) is 64.3 Å². The Morgan fingerprint density at radius 2 is 1.87 bits per heavy atom. The van der Waals surface area contributed by atoms with Crippen molar-refractivity contribution in [1.82, 2.24) is 0 Å². The van der Waals surface area contributed by atoms with E-state index in [1.54, 1.807) is 7.11 Å². The molecule has 23 heavy (non-hydrogen) atoms. The van der Waals surface area contributed by atoms with Gasteiger partial charge in [-0.05, 0) is 43.9 Å². The van der Waals surface area contributed by atoms with Crippen molar-refractivity contribution in [2.24, 2.45) is 5.73 Å². The Morgan fingerprint density at radius 1 is 1.13 bits per heavy atom. The molecule has 1 aromatic rings. The van der Waals surface area contributed by atoms with E-state index in [1.165, 1.54) is 25.7 Å². The van der Waals surface area contributed by atoms with Gasteiger partial charge in [-0.1, -0.05) is 38.7 Å². The van der Waals surface area contributed by atoms with Crippen molar-refractivity contribution in [1.29, 1.82) is 0 Å². The Labute approximate surface area is 141 Å². The molecule has 0 radical (unpaired) electrons. The van der Waals surface area contributed by atoms with E-state index in [-0.39, 0.29) is 6.61 Å². The Morgan fingerprint density at radius 3 is 2.52 bits per heavy atom. The van der Waals surface area contributed by atoms with Crippen LogP contribution in [0.25, 0.3) is 0 Å². The summed E-state index contributed by atoms with van der Waals surface area (Å²) in [6.45, 7) is 4.80. The highest BCUT2D eigenvalue weighted by atomic mass is 16.5. The standard InChI is InChI=1S/C19H33NO3/c1-4-5-6-7-8-13-23-17-10-9-16(14-18(17)22-3)11-12-19(2,20)15-21/h9-10,14,21H,4-8,11-13,15,20H2,1-3H3. The van der Waals surface area contributed by atoms with Crippen LogP contribution in [-0.4, -0.2) is 31.0 Å². The van der Waals surface area contributed by atoms with Gasteiger partial charge in [-0.2, -0.15) is 0 Å². The minimum absolute atomic E-state index is 0.0106. The number of hydrogen-bond acceptors (Lipinski definition) is 4. The highest BCUT2D eigenvalue weighted by molar-refractivity contribution is 5.43. The average molecular weight is 323 g/mol. The smallest absolute Gasteiger partial charge is 0.161 e. The molecule has 0 heterocycles. The maximum Gasteiger partial charge on any atom is 0.161 e. The molecule has 0 aromatic heterocycles. The Balaban J connectivity index is 2.49. The predicted molar refractivity (Wildman–Crippen MR) is 95.2 cm³/mol. The lowest BCUT2D eigenvalue weighted by Gasteiger charge is -2.21. The fourth-order valence-electron chi connectivity index (χ4n) is 2.38. The molecule has 4 nitrogen and oxygen atoms in total. The van der Waals surface area contributed by atoms with Gasteiger partial charge in [0, 0.05) is 5.54 Å². The van der Waals surface area contributed by atoms with Crippen LogP contribution in [0.5, 0.6) is 11.5 Å². The fourth-order valence-corrected chi connectivity index (χ4v) is 2.38. The summed E-state index contributed by atoms with van der Waals surface area (Å²) in [6, 6.07) is 6.01. The molecular weight excluding hydrogens is 290 g/mol. The highest BCUT2D eigenvalue weighted by Crippen LogP contribution is 2.29. The third-order valence-corrected chi connectivity index (χ3v) is 4.08. The van der Waals surface area contributed by atoms with Crippen LogP contribution < -0.4 is 15.2 Å². The second-order valence-electron chi connectivity index (χ2n) is 6.56. The van der Waals surface area contributed by atoms with E-state index in [0.717, 1.165) is 42.9 Å². The van der Waals surface area contributed by atoms with Gasteiger partial charge < -0.3 is 20.3 Å². The quantitative estimate of drug-likeness (QED) is 0.576. The molecule has 0 saturated carbocycles. The maximum absolute atomic E-state index is 9.22. The molecular formula is C19H33NO3. The van der Waals surface area contributed by atoms with Crippen molar-refractivity contribution < 1.29 is 14.6 Å². The van der Waals surface area contributed by atoms with E-state index in [1.807, 2.05) is 25.1 Å². The van der Waals surface area contributed by atoms with E-state index in [2.05, 4.69) is 6.92 Å². The van der Waals surface area contributed by atoms with Crippen LogP contribution in [0.4, 0.5) is 0 Å². The first-order valence-corrected chi connectivity index (χ1v) is 8.72. The SMILES string of the molecule is CCCCCCCOc1ccc(CCC(C)(N)CO)cc1OC. The Bertz CT molecular complexity index is 446. The van der Waals surface area contributed by atoms with Crippen molar-refractivity contribution in [3.05, 3.63) is 23.8 Å². The number of methoxy groups -OCH3 is 1. The number of hydrogen-bond donors (Lipinski definition) is 2. The van der Waals surface area contributed by atoms with Crippen LogP contribution in [0.2, 0.25) is 0 Å². The van der Waals surface area contributed by atoms with E-state index in [9.17, 15) is 5.11 Å².